The third-order valence-electron chi connectivity index (χ3n) is 3.50. The van der Waals surface area contributed by atoms with Crippen molar-refractivity contribution < 1.29 is 0 Å². The van der Waals surface area contributed by atoms with E-state index in [2.05, 4.69) is 25.4 Å². The predicted octanol–water partition coefficient (Wildman–Crippen LogP) is 4.36. The van der Waals surface area contributed by atoms with Gasteiger partial charge >= 0.3 is 0 Å². The molecule has 2 rings (SSSR count). The van der Waals surface area contributed by atoms with Gasteiger partial charge in [-0.05, 0) is 55.6 Å². The summed E-state index contributed by atoms with van der Waals surface area (Å²) in [6.45, 7) is 10.9. The van der Waals surface area contributed by atoms with Crippen LogP contribution >= 0.6 is 0 Å². The van der Waals surface area contributed by atoms with Gasteiger partial charge in [-0.2, -0.15) is 0 Å². The fourth-order valence-corrected chi connectivity index (χ4v) is 2.37. The highest BCUT2D eigenvalue weighted by Gasteiger charge is 2.34. The molecular weight excluding hydrogens is 194 g/mol. The van der Waals surface area contributed by atoms with E-state index in [0.717, 1.165) is 11.8 Å². The van der Waals surface area contributed by atoms with Crippen molar-refractivity contribution in [2.75, 3.05) is 0 Å². The molecule has 0 aromatic heterocycles. The lowest BCUT2D eigenvalue weighted by Gasteiger charge is -2.18. The summed E-state index contributed by atoms with van der Waals surface area (Å²) in [5.74, 6) is 2.05. The van der Waals surface area contributed by atoms with Gasteiger partial charge in [0.25, 0.3) is 0 Å². The number of rotatable bonds is 5. The summed E-state index contributed by atoms with van der Waals surface area (Å²) in [4.78, 5) is 4.63. The van der Waals surface area contributed by atoms with Gasteiger partial charge < -0.3 is 0 Å². The maximum Gasteiger partial charge on any atom is 0.0467 e. The Hall–Kier alpha value is -0.850. The first-order chi connectivity index (χ1) is 7.65. The molecular formula is C15H23N. The summed E-state index contributed by atoms with van der Waals surface area (Å²) in [6.07, 6.45) is 7.25. The van der Waals surface area contributed by atoms with E-state index in [-0.39, 0.29) is 0 Å². The monoisotopic (exact) mass is 217 g/mol. The van der Waals surface area contributed by atoms with Crippen molar-refractivity contribution in [1.29, 1.82) is 0 Å². The van der Waals surface area contributed by atoms with E-state index in [9.17, 15) is 0 Å². The number of aliphatic imine (C=N–C) groups is 1. The van der Waals surface area contributed by atoms with Crippen LogP contribution in [-0.2, 0) is 0 Å². The van der Waals surface area contributed by atoms with E-state index < -0.39 is 0 Å². The number of hydrogen-bond donors (Lipinski definition) is 0. The van der Waals surface area contributed by atoms with Crippen molar-refractivity contribution in [1.82, 2.24) is 0 Å². The van der Waals surface area contributed by atoms with E-state index in [1.54, 1.807) is 0 Å². The van der Waals surface area contributed by atoms with E-state index in [1.165, 1.54) is 42.5 Å². The van der Waals surface area contributed by atoms with Crippen molar-refractivity contribution in [3.05, 3.63) is 23.4 Å². The number of hydrogen-bond acceptors (Lipinski definition) is 1. The van der Waals surface area contributed by atoms with E-state index in [1.807, 2.05) is 13.1 Å². The van der Waals surface area contributed by atoms with Gasteiger partial charge in [0.1, 0.15) is 0 Å². The molecule has 0 atom stereocenters. The summed E-state index contributed by atoms with van der Waals surface area (Å²) in [5.41, 5.74) is 4.18. The van der Waals surface area contributed by atoms with E-state index in [4.69, 9.17) is 0 Å². The molecule has 0 bridgehead atoms. The second-order valence-corrected chi connectivity index (χ2v) is 5.41. The summed E-state index contributed by atoms with van der Waals surface area (Å²) in [5, 5.41) is 0. The van der Waals surface area contributed by atoms with Gasteiger partial charge in [-0.3, -0.25) is 4.99 Å². The first-order valence-electron chi connectivity index (χ1n) is 6.57. The molecule has 2 aliphatic carbocycles. The van der Waals surface area contributed by atoms with Crippen molar-refractivity contribution in [3.63, 3.8) is 0 Å². The minimum absolute atomic E-state index is 0.562. The quantitative estimate of drug-likeness (QED) is 0.479. The fraction of sp³-hybridized carbons (Fsp3) is 0.667. The average Bonchev–Trinajstić information content (AvgIpc) is 3.07. The smallest absolute Gasteiger partial charge is 0.0467 e. The summed E-state index contributed by atoms with van der Waals surface area (Å²) in [7, 11) is 0. The Bertz CT molecular complexity index is 338. The van der Waals surface area contributed by atoms with Crippen LogP contribution in [0.2, 0.25) is 0 Å². The van der Waals surface area contributed by atoms with Crippen LogP contribution in [0.25, 0.3) is 0 Å². The van der Waals surface area contributed by atoms with Crippen LogP contribution in [-0.4, -0.2) is 6.21 Å². The largest absolute Gasteiger partial charge is 0.265 e. The molecule has 0 spiro atoms. The standard InChI is InChI=1S/C15H23N/c1-5-16-15(13-8-9-13)14(10(2)3)11(4)12-6-7-12/h5,10,12-13H,4,6-9H2,1-3H3/b15-14-,16-5?. The Balaban J connectivity index is 2.32. The summed E-state index contributed by atoms with van der Waals surface area (Å²) >= 11 is 0. The van der Waals surface area contributed by atoms with Gasteiger partial charge in [0.05, 0.1) is 0 Å². The van der Waals surface area contributed by atoms with Gasteiger partial charge in [0, 0.05) is 17.8 Å². The topological polar surface area (TPSA) is 12.4 Å². The summed E-state index contributed by atoms with van der Waals surface area (Å²) in [6, 6.07) is 0. The lowest BCUT2D eigenvalue weighted by atomic mass is 9.90. The van der Waals surface area contributed by atoms with Gasteiger partial charge in [0.2, 0.25) is 0 Å². The molecule has 0 radical (unpaired) electrons. The molecule has 16 heavy (non-hydrogen) atoms. The van der Waals surface area contributed by atoms with E-state index in [0.29, 0.717) is 5.92 Å². The summed E-state index contributed by atoms with van der Waals surface area (Å²) < 4.78 is 0. The van der Waals surface area contributed by atoms with Crippen LogP contribution in [0.3, 0.4) is 0 Å². The molecule has 0 saturated heterocycles. The maximum absolute atomic E-state index is 4.63. The first kappa shape index (κ1) is 11.6. The van der Waals surface area contributed by atoms with Crippen LogP contribution in [0.15, 0.2) is 28.4 Å². The van der Waals surface area contributed by atoms with Crippen molar-refractivity contribution in [3.8, 4) is 0 Å². The molecule has 2 fully saturated rings. The molecule has 0 aromatic rings. The van der Waals surface area contributed by atoms with Crippen LogP contribution in [0.5, 0.6) is 0 Å². The Morgan fingerprint density at radius 3 is 2.12 bits per heavy atom. The highest BCUT2D eigenvalue weighted by atomic mass is 14.8. The minimum Gasteiger partial charge on any atom is -0.265 e. The molecule has 88 valence electrons. The molecule has 0 amide bonds. The van der Waals surface area contributed by atoms with Gasteiger partial charge in [-0.15, -0.1) is 0 Å². The Morgan fingerprint density at radius 2 is 1.75 bits per heavy atom. The maximum atomic E-state index is 4.63. The zero-order valence-electron chi connectivity index (χ0n) is 10.8. The molecule has 0 heterocycles. The molecule has 1 nitrogen and oxygen atoms in total. The second kappa shape index (κ2) is 4.57. The predicted molar refractivity (Wildman–Crippen MR) is 70.6 cm³/mol. The SMILES string of the molecule is C=C(/C(=C(\N=CC)C1CC1)C(C)C)C1CC1. The molecule has 0 unspecified atom stereocenters. The van der Waals surface area contributed by atoms with Crippen LogP contribution < -0.4 is 0 Å². The minimum atomic E-state index is 0.562. The zero-order valence-corrected chi connectivity index (χ0v) is 10.8. The van der Waals surface area contributed by atoms with E-state index >= 15 is 0 Å². The third kappa shape index (κ3) is 2.45. The molecule has 0 aromatic carbocycles. The molecule has 0 aliphatic heterocycles. The number of allylic oxidation sites excluding steroid dienone is 3. The Morgan fingerprint density at radius 1 is 1.19 bits per heavy atom. The third-order valence-corrected chi connectivity index (χ3v) is 3.50. The average molecular weight is 217 g/mol. The lowest BCUT2D eigenvalue weighted by Crippen LogP contribution is -2.04. The highest BCUT2D eigenvalue weighted by Crippen LogP contribution is 2.46. The molecule has 0 N–H and O–H groups in total. The van der Waals surface area contributed by atoms with Gasteiger partial charge in [-0.1, -0.05) is 20.4 Å². The van der Waals surface area contributed by atoms with Crippen LogP contribution in [0.4, 0.5) is 0 Å². The lowest BCUT2D eigenvalue weighted by molar-refractivity contribution is 0.727. The highest BCUT2D eigenvalue weighted by molar-refractivity contribution is 5.57. The Labute approximate surface area is 99.4 Å². The molecule has 2 aliphatic rings. The molecule has 2 saturated carbocycles. The fourth-order valence-electron chi connectivity index (χ4n) is 2.37. The Kier molecular flexibility index (Phi) is 3.32. The number of nitrogens with zero attached hydrogens (tertiary/aromatic N) is 1. The van der Waals surface area contributed by atoms with Crippen molar-refractivity contribution in [2.45, 2.75) is 46.5 Å². The normalized spacial score (nSPS) is 22.8. The molecule has 1 heteroatoms. The van der Waals surface area contributed by atoms with Crippen molar-refractivity contribution >= 4 is 6.21 Å². The van der Waals surface area contributed by atoms with Gasteiger partial charge in [-0.25, -0.2) is 0 Å². The first-order valence-corrected chi connectivity index (χ1v) is 6.57. The van der Waals surface area contributed by atoms with Crippen LogP contribution in [0, 0.1) is 17.8 Å². The van der Waals surface area contributed by atoms with Gasteiger partial charge in [0.15, 0.2) is 0 Å². The van der Waals surface area contributed by atoms with Crippen molar-refractivity contribution in [2.24, 2.45) is 22.7 Å². The van der Waals surface area contributed by atoms with Crippen LogP contribution in [0.1, 0.15) is 46.5 Å². The second-order valence-electron chi connectivity index (χ2n) is 5.41. The zero-order chi connectivity index (χ0) is 11.7.